The Bertz CT molecular complexity index is 579. The largest absolute Gasteiger partial charge is 0.309 e. The number of nitrogens with zero attached hydrogens (tertiary/aromatic N) is 2. The van der Waals surface area contributed by atoms with Gasteiger partial charge in [0.2, 0.25) is 0 Å². The van der Waals surface area contributed by atoms with Gasteiger partial charge < -0.3 is 5.32 Å². The first-order valence-electron chi connectivity index (χ1n) is 6.76. The van der Waals surface area contributed by atoms with Crippen molar-refractivity contribution in [3.8, 4) is 0 Å². The third-order valence-electron chi connectivity index (χ3n) is 3.26. The molecule has 0 aliphatic rings. The predicted octanol–water partition coefficient (Wildman–Crippen LogP) is 4.58. The second kappa shape index (κ2) is 7.07. The number of thiophene rings is 1. The molecule has 3 nitrogen and oxygen atoms in total. The standard InChI is InChI=1S/C14H19BrClN3S/c1-4-17-11(14-10(15)6-7-20-14)8-12-13(16)9(3)18-19(12)5-2/h6-7,11,17H,4-5,8H2,1-3H3. The van der Waals surface area contributed by atoms with E-state index in [4.69, 9.17) is 11.6 Å². The van der Waals surface area contributed by atoms with Crippen molar-refractivity contribution >= 4 is 38.9 Å². The maximum Gasteiger partial charge on any atom is 0.0847 e. The van der Waals surface area contributed by atoms with Gasteiger partial charge >= 0.3 is 0 Å². The van der Waals surface area contributed by atoms with Gasteiger partial charge in [-0.05, 0) is 47.8 Å². The van der Waals surface area contributed by atoms with Crippen molar-refractivity contribution in [1.82, 2.24) is 15.1 Å². The minimum atomic E-state index is 0.258. The lowest BCUT2D eigenvalue weighted by atomic mass is 10.1. The van der Waals surface area contributed by atoms with E-state index in [2.05, 4.69) is 51.6 Å². The maximum atomic E-state index is 6.42. The Labute approximate surface area is 137 Å². The van der Waals surface area contributed by atoms with Crippen molar-refractivity contribution < 1.29 is 0 Å². The fourth-order valence-electron chi connectivity index (χ4n) is 2.32. The molecule has 0 aliphatic heterocycles. The highest BCUT2D eigenvalue weighted by atomic mass is 79.9. The molecule has 0 fully saturated rings. The third-order valence-corrected chi connectivity index (χ3v) is 5.74. The zero-order valence-electron chi connectivity index (χ0n) is 11.9. The normalized spacial score (nSPS) is 12.8. The van der Waals surface area contributed by atoms with Crippen LogP contribution >= 0.6 is 38.9 Å². The average Bonchev–Trinajstić information content (AvgIpc) is 2.96. The van der Waals surface area contributed by atoms with E-state index in [0.29, 0.717) is 0 Å². The summed E-state index contributed by atoms with van der Waals surface area (Å²) in [6.45, 7) is 7.94. The molecule has 2 rings (SSSR count). The van der Waals surface area contributed by atoms with E-state index in [1.54, 1.807) is 11.3 Å². The lowest BCUT2D eigenvalue weighted by molar-refractivity contribution is 0.521. The summed E-state index contributed by atoms with van der Waals surface area (Å²) < 4.78 is 3.16. The number of nitrogens with one attached hydrogen (secondary N) is 1. The van der Waals surface area contributed by atoms with E-state index < -0.39 is 0 Å². The monoisotopic (exact) mass is 375 g/mol. The van der Waals surface area contributed by atoms with Gasteiger partial charge in [0.1, 0.15) is 0 Å². The molecule has 1 N–H and O–H groups in total. The van der Waals surface area contributed by atoms with Crippen molar-refractivity contribution in [3.05, 3.63) is 37.2 Å². The Kier molecular flexibility index (Phi) is 5.66. The molecule has 0 spiro atoms. The van der Waals surface area contributed by atoms with Crippen LogP contribution in [0.3, 0.4) is 0 Å². The molecule has 20 heavy (non-hydrogen) atoms. The van der Waals surface area contributed by atoms with Gasteiger partial charge in [-0.3, -0.25) is 4.68 Å². The summed E-state index contributed by atoms with van der Waals surface area (Å²) in [5.74, 6) is 0. The molecule has 0 saturated heterocycles. The fourth-order valence-corrected chi connectivity index (χ4v) is 4.25. The zero-order valence-corrected chi connectivity index (χ0v) is 15.1. The maximum absolute atomic E-state index is 6.42. The highest BCUT2D eigenvalue weighted by Gasteiger charge is 2.21. The minimum Gasteiger partial charge on any atom is -0.309 e. The molecule has 0 saturated carbocycles. The Balaban J connectivity index is 2.31. The number of halogens is 2. The Morgan fingerprint density at radius 1 is 1.50 bits per heavy atom. The summed E-state index contributed by atoms with van der Waals surface area (Å²) >= 11 is 11.8. The summed E-state index contributed by atoms with van der Waals surface area (Å²) in [6, 6.07) is 2.35. The van der Waals surface area contributed by atoms with Crippen molar-refractivity contribution in [1.29, 1.82) is 0 Å². The Hall–Kier alpha value is -0.360. The summed E-state index contributed by atoms with van der Waals surface area (Å²) in [5, 5.41) is 10.9. The van der Waals surface area contributed by atoms with Crippen LogP contribution in [0.5, 0.6) is 0 Å². The molecule has 6 heteroatoms. The van der Waals surface area contributed by atoms with Gasteiger partial charge in [-0.2, -0.15) is 5.10 Å². The van der Waals surface area contributed by atoms with Gasteiger partial charge in [-0.1, -0.05) is 18.5 Å². The van der Waals surface area contributed by atoms with E-state index in [1.165, 1.54) is 4.88 Å². The number of hydrogen-bond acceptors (Lipinski definition) is 3. The van der Waals surface area contributed by atoms with Crippen LogP contribution in [0.25, 0.3) is 0 Å². The number of aryl methyl sites for hydroxylation is 2. The fraction of sp³-hybridized carbons (Fsp3) is 0.500. The number of hydrogen-bond donors (Lipinski definition) is 1. The summed E-state index contributed by atoms with van der Waals surface area (Å²) in [4.78, 5) is 1.31. The lowest BCUT2D eigenvalue weighted by Crippen LogP contribution is -2.23. The molecule has 0 bridgehead atoms. The quantitative estimate of drug-likeness (QED) is 0.799. The zero-order chi connectivity index (χ0) is 14.7. The molecule has 110 valence electrons. The van der Waals surface area contributed by atoms with E-state index in [9.17, 15) is 0 Å². The van der Waals surface area contributed by atoms with E-state index in [-0.39, 0.29) is 6.04 Å². The van der Waals surface area contributed by atoms with Crippen LogP contribution < -0.4 is 5.32 Å². The third kappa shape index (κ3) is 3.27. The van der Waals surface area contributed by atoms with Crippen LogP contribution in [0.2, 0.25) is 5.02 Å². The number of rotatable bonds is 6. The van der Waals surface area contributed by atoms with Gasteiger partial charge in [0, 0.05) is 28.4 Å². The summed E-state index contributed by atoms with van der Waals surface area (Å²) in [6.07, 6.45) is 0.848. The molecular weight excluding hydrogens is 358 g/mol. The van der Waals surface area contributed by atoms with Gasteiger partial charge in [-0.15, -0.1) is 11.3 Å². The van der Waals surface area contributed by atoms with Crippen LogP contribution in [-0.4, -0.2) is 16.3 Å². The summed E-state index contributed by atoms with van der Waals surface area (Å²) in [7, 11) is 0. The predicted molar refractivity (Wildman–Crippen MR) is 89.8 cm³/mol. The SMILES string of the molecule is CCNC(Cc1c(Cl)c(C)nn1CC)c1sccc1Br. The molecule has 2 heterocycles. The van der Waals surface area contributed by atoms with Crippen molar-refractivity contribution in [2.45, 2.75) is 39.8 Å². The van der Waals surface area contributed by atoms with Crippen LogP contribution in [0.4, 0.5) is 0 Å². The molecule has 0 amide bonds. The van der Waals surface area contributed by atoms with Gasteiger partial charge in [-0.25, -0.2) is 0 Å². The Morgan fingerprint density at radius 2 is 2.25 bits per heavy atom. The molecule has 2 aromatic heterocycles. The number of likely N-dealkylation sites (N-methyl/N-ethyl adjacent to an activating group) is 1. The molecule has 2 aromatic rings. The van der Waals surface area contributed by atoms with Gasteiger partial charge in [0.15, 0.2) is 0 Å². The second-order valence-electron chi connectivity index (χ2n) is 4.61. The first kappa shape index (κ1) is 16.0. The molecule has 0 radical (unpaired) electrons. The first-order chi connectivity index (χ1) is 9.58. The molecule has 1 unspecified atom stereocenters. The molecule has 1 atom stereocenters. The smallest absolute Gasteiger partial charge is 0.0847 e. The Morgan fingerprint density at radius 3 is 2.80 bits per heavy atom. The summed E-state index contributed by atoms with van der Waals surface area (Å²) in [5.41, 5.74) is 2.02. The van der Waals surface area contributed by atoms with Gasteiger partial charge in [0.25, 0.3) is 0 Å². The van der Waals surface area contributed by atoms with Crippen molar-refractivity contribution in [3.63, 3.8) is 0 Å². The van der Waals surface area contributed by atoms with Crippen LogP contribution in [0, 0.1) is 6.92 Å². The molecule has 0 aromatic carbocycles. The first-order valence-corrected chi connectivity index (χ1v) is 8.81. The van der Waals surface area contributed by atoms with Crippen molar-refractivity contribution in [2.75, 3.05) is 6.54 Å². The highest BCUT2D eigenvalue weighted by Crippen LogP contribution is 2.33. The second-order valence-corrected chi connectivity index (χ2v) is 6.79. The minimum absolute atomic E-state index is 0.258. The van der Waals surface area contributed by atoms with Crippen LogP contribution in [-0.2, 0) is 13.0 Å². The molecular formula is C14H19BrClN3S. The highest BCUT2D eigenvalue weighted by molar-refractivity contribution is 9.10. The molecule has 0 aliphatic carbocycles. The van der Waals surface area contributed by atoms with Gasteiger partial charge in [0.05, 0.1) is 16.4 Å². The van der Waals surface area contributed by atoms with Crippen LogP contribution in [0.1, 0.15) is 36.2 Å². The van der Waals surface area contributed by atoms with E-state index >= 15 is 0 Å². The number of aromatic nitrogens is 2. The van der Waals surface area contributed by atoms with Crippen molar-refractivity contribution in [2.24, 2.45) is 0 Å². The lowest BCUT2D eigenvalue weighted by Gasteiger charge is -2.18. The van der Waals surface area contributed by atoms with E-state index in [1.807, 2.05) is 11.6 Å². The topological polar surface area (TPSA) is 29.9 Å². The van der Waals surface area contributed by atoms with Crippen LogP contribution in [0.15, 0.2) is 15.9 Å². The average molecular weight is 377 g/mol. The van der Waals surface area contributed by atoms with E-state index in [0.717, 1.165) is 40.4 Å².